The predicted octanol–water partition coefficient (Wildman–Crippen LogP) is 2.31. The van der Waals surface area contributed by atoms with Crippen LogP contribution in [0.15, 0.2) is 30.6 Å². The molecule has 0 radical (unpaired) electrons. The number of para-hydroxylation sites is 1. The lowest BCUT2D eigenvalue weighted by Gasteiger charge is -2.32. The summed E-state index contributed by atoms with van der Waals surface area (Å²) >= 11 is 0. The highest BCUT2D eigenvalue weighted by Gasteiger charge is 2.20. The smallest absolute Gasteiger partial charge is 0.165 e. The lowest BCUT2D eigenvalue weighted by atomic mass is 9.99. The first kappa shape index (κ1) is 18.3. The Hall–Kier alpha value is -2.54. The Labute approximate surface area is 154 Å². The normalized spacial score (nSPS) is 17.0. The van der Waals surface area contributed by atoms with Crippen LogP contribution in [0.2, 0.25) is 0 Å². The minimum Gasteiger partial charge on any atom is -0.493 e. The zero-order chi connectivity index (χ0) is 18.4. The third-order valence-electron chi connectivity index (χ3n) is 4.70. The number of anilines is 2. The number of aromatic nitrogens is 2. The summed E-state index contributed by atoms with van der Waals surface area (Å²) in [5.41, 5.74) is 0.991. The molecular formula is C19H26N4O3. The molecule has 0 saturated carbocycles. The molecule has 1 fully saturated rings. The summed E-state index contributed by atoms with van der Waals surface area (Å²) < 4.78 is 10.8. The fourth-order valence-electron chi connectivity index (χ4n) is 3.32. The second-order valence-electron chi connectivity index (χ2n) is 6.40. The summed E-state index contributed by atoms with van der Waals surface area (Å²) in [6, 6.07) is 7.75. The molecule has 1 saturated heterocycles. The largest absolute Gasteiger partial charge is 0.493 e. The van der Waals surface area contributed by atoms with Gasteiger partial charge in [0.05, 0.1) is 14.2 Å². The molecule has 2 aromatic rings. The van der Waals surface area contributed by atoms with E-state index in [0.717, 1.165) is 48.9 Å². The molecule has 0 bridgehead atoms. The third-order valence-corrected chi connectivity index (χ3v) is 4.70. The van der Waals surface area contributed by atoms with Crippen molar-refractivity contribution in [3.63, 3.8) is 0 Å². The van der Waals surface area contributed by atoms with Gasteiger partial charge in [0, 0.05) is 37.9 Å². The summed E-state index contributed by atoms with van der Waals surface area (Å²) in [5.74, 6) is 3.39. The third kappa shape index (κ3) is 4.16. The minimum atomic E-state index is 0.225. The molecule has 0 aliphatic carbocycles. The number of rotatable bonds is 7. The Morgan fingerprint density at radius 1 is 1.27 bits per heavy atom. The van der Waals surface area contributed by atoms with E-state index in [1.807, 2.05) is 24.3 Å². The fourth-order valence-corrected chi connectivity index (χ4v) is 3.32. The van der Waals surface area contributed by atoms with Crippen molar-refractivity contribution in [1.82, 2.24) is 9.97 Å². The summed E-state index contributed by atoms with van der Waals surface area (Å²) in [5, 5.41) is 12.7. The standard InChI is InChI=1S/C19H26N4O3/c1-25-16-7-3-6-15(19(16)26-2)10-20-17-9-18(22-13-21-17)23-8-4-5-14(11-23)12-24/h3,6-7,9,13-14,24H,4-5,8,10-12H2,1-2H3,(H,20,21,22). The molecule has 1 aliphatic rings. The maximum Gasteiger partial charge on any atom is 0.165 e. The number of ether oxygens (including phenoxy) is 2. The number of aliphatic hydroxyl groups excluding tert-OH is 1. The van der Waals surface area contributed by atoms with E-state index in [4.69, 9.17) is 9.47 Å². The molecule has 26 heavy (non-hydrogen) atoms. The molecular weight excluding hydrogens is 332 g/mol. The average molecular weight is 358 g/mol. The van der Waals surface area contributed by atoms with Crippen LogP contribution in [0, 0.1) is 5.92 Å². The van der Waals surface area contributed by atoms with Crippen LogP contribution in [-0.2, 0) is 6.54 Å². The molecule has 3 rings (SSSR count). The van der Waals surface area contributed by atoms with Crippen LogP contribution in [0.4, 0.5) is 11.6 Å². The van der Waals surface area contributed by atoms with Crippen molar-refractivity contribution < 1.29 is 14.6 Å². The molecule has 140 valence electrons. The number of nitrogens with zero attached hydrogens (tertiary/aromatic N) is 3. The van der Waals surface area contributed by atoms with Crippen molar-refractivity contribution in [2.24, 2.45) is 5.92 Å². The van der Waals surface area contributed by atoms with E-state index in [2.05, 4.69) is 20.2 Å². The number of piperidine rings is 1. The second-order valence-corrected chi connectivity index (χ2v) is 6.40. The van der Waals surface area contributed by atoms with Crippen LogP contribution in [0.3, 0.4) is 0 Å². The molecule has 2 N–H and O–H groups in total. The molecule has 0 spiro atoms. The summed E-state index contributed by atoms with van der Waals surface area (Å²) in [7, 11) is 3.27. The first-order valence-electron chi connectivity index (χ1n) is 8.86. The van der Waals surface area contributed by atoms with Gasteiger partial charge in [-0.25, -0.2) is 9.97 Å². The zero-order valence-corrected chi connectivity index (χ0v) is 15.3. The lowest BCUT2D eigenvalue weighted by molar-refractivity contribution is 0.208. The maximum atomic E-state index is 9.42. The quantitative estimate of drug-likeness (QED) is 0.786. The highest BCUT2D eigenvalue weighted by Crippen LogP contribution is 2.31. The van der Waals surface area contributed by atoms with Gasteiger partial charge in [0.25, 0.3) is 0 Å². The fraction of sp³-hybridized carbons (Fsp3) is 0.474. The van der Waals surface area contributed by atoms with E-state index in [-0.39, 0.29) is 6.61 Å². The van der Waals surface area contributed by atoms with Crippen LogP contribution >= 0.6 is 0 Å². The average Bonchev–Trinajstić information content (AvgIpc) is 2.72. The molecule has 2 heterocycles. The number of hydrogen-bond acceptors (Lipinski definition) is 7. The number of benzene rings is 1. The van der Waals surface area contributed by atoms with E-state index < -0.39 is 0 Å². The topological polar surface area (TPSA) is 79.7 Å². The monoisotopic (exact) mass is 358 g/mol. The van der Waals surface area contributed by atoms with Crippen molar-refractivity contribution in [1.29, 1.82) is 0 Å². The van der Waals surface area contributed by atoms with Gasteiger partial charge in [0.15, 0.2) is 11.5 Å². The first-order valence-corrected chi connectivity index (χ1v) is 8.86. The van der Waals surface area contributed by atoms with Crippen LogP contribution in [0.1, 0.15) is 18.4 Å². The van der Waals surface area contributed by atoms with E-state index in [1.54, 1.807) is 20.5 Å². The van der Waals surface area contributed by atoms with Gasteiger partial charge in [-0.1, -0.05) is 12.1 Å². The second kappa shape index (κ2) is 8.71. The number of methoxy groups -OCH3 is 2. The van der Waals surface area contributed by atoms with E-state index in [1.165, 1.54) is 0 Å². The number of aliphatic hydroxyl groups is 1. The summed E-state index contributed by atoms with van der Waals surface area (Å²) in [6.07, 6.45) is 3.71. The molecule has 1 unspecified atom stereocenters. The molecule has 7 heteroatoms. The van der Waals surface area contributed by atoms with Gasteiger partial charge >= 0.3 is 0 Å². The van der Waals surface area contributed by atoms with Gasteiger partial charge in [0.2, 0.25) is 0 Å². The highest BCUT2D eigenvalue weighted by atomic mass is 16.5. The van der Waals surface area contributed by atoms with Crippen molar-refractivity contribution in [2.45, 2.75) is 19.4 Å². The predicted molar refractivity (Wildman–Crippen MR) is 101 cm³/mol. The van der Waals surface area contributed by atoms with Crippen molar-refractivity contribution >= 4 is 11.6 Å². The molecule has 1 aliphatic heterocycles. The molecule has 1 aromatic carbocycles. The number of nitrogens with one attached hydrogen (secondary N) is 1. The van der Waals surface area contributed by atoms with Gasteiger partial charge in [0.1, 0.15) is 18.0 Å². The van der Waals surface area contributed by atoms with Crippen molar-refractivity contribution in [3.05, 3.63) is 36.2 Å². The van der Waals surface area contributed by atoms with E-state index >= 15 is 0 Å². The van der Waals surface area contributed by atoms with Gasteiger partial charge < -0.3 is 24.8 Å². The maximum absolute atomic E-state index is 9.42. The molecule has 1 atom stereocenters. The highest BCUT2D eigenvalue weighted by molar-refractivity contribution is 5.51. The Morgan fingerprint density at radius 2 is 2.15 bits per heavy atom. The van der Waals surface area contributed by atoms with Crippen LogP contribution in [0.25, 0.3) is 0 Å². The Bertz CT molecular complexity index is 726. The summed E-state index contributed by atoms with van der Waals surface area (Å²) in [6.45, 7) is 2.58. The van der Waals surface area contributed by atoms with Gasteiger partial charge in [-0.2, -0.15) is 0 Å². The van der Waals surface area contributed by atoms with E-state index in [9.17, 15) is 5.11 Å². The number of hydrogen-bond donors (Lipinski definition) is 2. The van der Waals surface area contributed by atoms with Crippen molar-refractivity contribution in [3.8, 4) is 11.5 Å². The molecule has 7 nitrogen and oxygen atoms in total. The van der Waals surface area contributed by atoms with Crippen LogP contribution < -0.4 is 19.7 Å². The minimum absolute atomic E-state index is 0.225. The van der Waals surface area contributed by atoms with Gasteiger partial charge in [-0.05, 0) is 24.8 Å². The van der Waals surface area contributed by atoms with Crippen LogP contribution in [-0.4, -0.2) is 49.0 Å². The molecule has 0 amide bonds. The van der Waals surface area contributed by atoms with Gasteiger partial charge in [-0.15, -0.1) is 0 Å². The van der Waals surface area contributed by atoms with Crippen molar-refractivity contribution in [2.75, 3.05) is 44.1 Å². The molecule has 1 aromatic heterocycles. The summed E-state index contributed by atoms with van der Waals surface area (Å²) in [4.78, 5) is 10.9. The van der Waals surface area contributed by atoms with E-state index in [0.29, 0.717) is 18.2 Å². The Morgan fingerprint density at radius 3 is 2.92 bits per heavy atom. The zero-order valence-electron chi connectivity index (χ0n) is 15.3. The first-order chi connectivity index (χ1) is 12.7. The Kier molecular flexibility index (Phi) is 6.12. The SMILES string of the molecule is COc1cccc(CNc2cc(N3CCCC(CO)C3)ncn2)c1OC. The van der Waals surface area contributed by atoms with Gasteiger partial charge in [-0.3, -0.25) is 0 Å². The van der Waals surface area contributed by atoms with Crippen LogP contribution in [0.5, 0.6) is 11.5 Å². The Balaban J connectivity index is 1.70. The lowest BCUT2D eigenvalue weighted by Crippen LogP contribution is -2.37.